The molecule has 0 saturated heterocycles. The van der Waals surface area contributed by atoms with E-state index < -0.39 is 30.3 Å². The highest BCUT2D eigenvalue weighted by atomic mass is 19.1. The molecule has 8 heteroatoms. The first-order valence-corrected chi connectivity index (χ1v) is 7.89. The van der Waals surface area contributed by atoms with Crippen LogP contribution in [-0.2, 0) is 25.5 Å². The molecule has 0 spiro atoms. The number of amides is 1. The molecular formula is C19H18FNO6. The molecule has 1 N–H and O–H groups in total. The number of anilines is 1. The second-order valence-corrected chi connectivity index (χ2v) is 5.42. The summed E-state index contributed by atoms with van der Waals surface area (Å²) in [4.78, 5) is 34.9. The zero-order chi connectivity index (χ0) is 19.8. The summed E-state index contributed by atoms with van der Waals surface area (Å²) in [6, 6.07) is 10.1. The number of esters is 2. The van der Waals surface area contributed by atoms with E-state index in [0.717, 1.165) is 0 Å². The lowest BCUT2D eigenvalue weighted by Crippen LogP contribution is -2.21. The van der Waals surface area contributed by atoms with Crippen LogP contribution < -0.4 is 10.1 Å². The van der Waals surface area contributed by atoms with Gasteiger partial charge in [-0.2, -0.15) is 0 Å². The molecule has 0 radical (unpaired) electrons. The van der Waals surface area contributed by atoms with Crippen molar-refractivity contribution in [3.8, 4) is 5.75 Å². The van der Waals surface area contributed by atoms with Gasteiger partial charge in [-0.1, -0.05) is 6.07 Å². The Morgan fingerprint density at radius 1 is 1.04 bits per heavy atom. The predicted molar refractivity (Wildman–Crippen MR) is 94.0 cm³/mol. The molecule has 0 aliphatic carbocycles. The maximum atomic E-state index is 13.6. The molecule has 0 aliphatic rings. The van der Waals surface area contributed by atoms with E-state index >= 15 is 0 Å². The van der Waals surface area contributed by atoms with Crippen LogP contribution in [0.1, 0.15) is 15.9 Å². The predicted octanol–water partition coefficient (Wildman–Crippen LogP) is 2.35. The van der Waals surface area contributed by atoms with Crippen molar-refractivity contribution in [2.45, 2.75) is 6.42 Å². The molecular weight excluding hydrogens is 357 g/mol. The van der Waals surface area contributed by atoms with Crippen LogP contribution in [0.5, 0.6) is 5.75 Å². The van der Waals surface area contributed by atoms with Crippen molar-refractivity contribution in [1.29, 1.82) is 0 Å². The van der Waals surface area contributed by atoms with E-state index in [1.54, 1.807) is 0 Å². The normalized spacial score (nSPS) is 10.0. The Kier molecular flexibility index (Phi) is 6.87. The molecule has 2 aromatic rings. The Bertz CT molecular complexity index is 835. The zero-order valence-corrected chi connectivity index (χ0v) is 14.8. The first-order valence-electron chi connectivity index (χ1n) is 7.89. The van der Waals surface area contributed by atoms with Gasteiger partial charge < -0.3 is 19.5 Å². The van der Waals surface area contributed by atoms with Crippen molar-refractivity contribution < 1.29 is 33.0 Å². The third-order valence-corrected chi connectivity index (χ3v) is 3.52. The number of carbonyl (C=O) groups is 3. The van der Waals surface area contributed by atoms with Crippen LogP contribution in [0.25, 0.3) is 0 Å². The van der Waals surface area contributed by atoms with E-state index in [0.29, 0.717) is 16.8 Å². The average molecular weight is 375 g/mol. The molecule has 0 saturated carbocycles. The summed E-state index contributed by atoms with van der Waals surface area (Å²) >= 11 is 0. The highest BCUT2D eigenvalue weighted by Crippen LogP contribution is 2.18. The van der Waals surface area contributed by atoms with Crippen molar-refractivity contribution in [1.82, 2.24) is 0 Å². The lowest BCUT2D eigenvalue weighted by molar-refractivity contribution is -0.146. The molecule has 2 rings (SSSR count). The van der Waals surface area contributed by atoms with Gasteiger partial charge in [0.25, 0.3) is 5.91 Å². The summed E-state index contributed by atoms with van der Waals surface area (Å²) in [5, 5.41) is 2.52. The Morgan fingerprint density at radius 3 is 2.33 bits per heavy atom. The SMILES string of the molecule is COC(=O)c1ccc(NC(=O)COC(=O)Cc2ccc(OC)c(F)c2)cc1. The number of methoxy groups -OCH3 is 2. The molecule has 0 fully saturated rings. The fourth-order valence-corrected chi connectivity index (χ4v) is 2.19. The van der Waals surface area contributed by atoms with E-state index in [-0.39, 0.29) is 12.2 Å². The van der Waals surface area contributed by atoms with Gasteiger partial charge in [-0.05, 0) is 42.0 Å². The molecule has 2 aromatic carbocycles. The van der Waals surface area contributed by atoms with Gasteiger partial charge in [-0.15, -0.1) is 0 Å². The summed E-state index contributed by atoms with van der Waals surface area (Å²) in [7, 11) is 2.61. The van der Waals surface area contributed by atoms with Gasteiger partial charge in [-0.25, -0.2) is 9.18 Å². The number of hydrogen-bond donors (Lipinski definition) is 1. The van der Waals surface area contributed by atoms with Crippen molar-refractivity contribution in [2.24, 2.45) is 0 Å². The van der Waals surface area contributed by atoms with Gasteiger partial charge in [0, 0.05) is 5.69 Å². The highest BCUT2D eigenvalue weighted by molar-refractivity contribution is 5.94. The quantitative estimate of drug-likeness (QED) is 0.747. The second kappa shape index (κ2) is 9.33. The molecule has 0 aromatic heterocycles. The summed E-state index contributed by atoms with van der Waals surface area (Å²) in [5.41, 5.74) is 1.17. The van der Waals surface area contributed by atoms with Gasteiger partial charge in [0.1, 0.15) is 0 Å². The zero-order valence-electron chi connectivity index (χ0n) is 14.8. The van der Waals surface area contributed by atoms with Crippen LogP contribution in [0, 0.1) is 5.82 Å². The van der Waals surface area contributed by atoms with Crippen LogP contribution in [0.15, 0.2) is 42.5 Å². The molecule has 0 unspecified atom stereocenters. The van der Waals surface area contributed by atoms with Gasteiger partial charge in [-0.3, -0.25) is 9.59 Å². The van der Waals surface area contributed by atoms with Gasteiger partial charge >= 0.3 is 11.9 Å². The summed E-state index contributed by atoms with van der Waals surface area (Å²) < 4.78 is 27.8. The monoisotopic (exact) mass is 375 g/mol. The fraction of sp³-hybridized carbons (Fsp3) is 0.211. The molecule has 27 heavy (non-hydrogen) atoms. The third-order valence-electron chi connectivity index (χ3n) is 3.52. The number of hydrogen-bond acceptors (Lipinski definition) is 6. The summed E-state index contributed by atoms with van der Waals surface area (Å²) in [6.07, 6.45) is -0.179. The van der Waals surface area contributed by atoms with E-state index in [4.69, 9.17) is 9.47 Å². The molecule has 0 bridgehead atoms. The molecule has 0 aliphatic heterocycles. The number of ether oxygens (including phenoxy) is 3. The summed E-state index contributed by atoms with van der Waals surface area (Å²) in [5.74, 6) is -2.22. The van der Waals surface area contributed by atoms with Gasteiger partial charge in [0.15, 0.2) is 18.2 Å². The number of nitrogens with one attached hydrogen (secondary N) is 1. The van der Waals surface area contributed by atoms with Crippen LogP contribution in [-0.4, -0.2) is 38.7 Å². The Morgan fingerprint density at radius 2 is 1.74 bits per heavy atom. The lowest BCUT2D eigenvalue weighted by Gasteiger charge is -2.08. The first-order chi connectivity index (χ1) is 12.9. The van der Waals surface area contributed by atoms with Gasteiger partial charge in [0.2, 0.25) is 0 Å². The molecule has 1 amide bonds. The Hall–Kier alpha value is -3.42. The first kappa shape index (κ1) is 19.9. The van der Waals surface area contributed by atoms with Crippen molar-refractivity contribution in [3.63, 3.8) is 0 Å². The maximum absolute atomic E-state index is 13.6. The summed E-state index contributed by atoms with van der Waals surface area (Å²) in [6.45, 7) is -0.490. The van der Waals surface area contributed by atoms with E-state index in [1.807, 2.05) is 0 Å². The van der Waals surface area contributed by atoms with Gasteiger partial charge in [0.05, 0.1) is 26.2 Å². The van der Waals surface area contributed by atoms with E-state index in [1.165, 1.54) is 56.7 Å². The molecule has 0 atom stereocenters. The van der Waals surface area contributed by atoms with Crippen molar-refractivity contribution in [2.75, 3.05) is 26.1 Å². The number of benzene rings is 2. The number of rotatable bonds is 7. The Labute approximate surface area is 155 Å². The van der Waals surface area contributed by atoms with Crippen LogP contribution in [0.4, 0.5) is 10.1 Å². The maximum Gasteiger partial charge on any atom is 0.337 e. The topological polar surface area (TPSA) is 90.9 Å². The number of halogens is 1. The third kappa shape index (κ3) is 5.81. The van der Waals surface area contributed by atoms with Crippen molar-refractivity contribution in [3.05, 3.63) is 59.4 Å². The van der Waals surface area contributed by atoms with Crippen LogP contribution in [0.2, 0.25) is 0 Å². The molecule has 142 valence electrons. The van der Waals surface area contributed by atoms with Crippen LogP contribution in [0.3, 0.4) is 0 Å². The van der Waals surface area contributed by atoms with Crippen molar-refractivity contribution >= 4 is 23.5 Å². The minimum atomic E-state index is -0.671. The van der Waals surface area contributed by atoms with E-state index in [2.05, 4.69) is 10.1 Å². The fourth-order valence-electron chi connectivity index (χ4n) is 2.19. The standard InChI is InChI=1S/C19H18FNO6/c1-25-16-8-3-12(9-15(16)20)10-18(23)27-11-17(22)21-14-6-4-13(5-7-14)19(24)26-2/h3-9H,10-11H2,1-2H3,(H,21,22). The van der Waals surface area contributed by atoms with E-state index in [9.17, 15) is 18.8 Å². The molecule has 7 nitrogen and oxygen atoms in total. The second-order valence-electron chi connectivity index (χ2n) is 5.42. The minimum absolute atomic E-state index is 0.0738. The largest absolute Gasteiger partial charge is 0.494 e. The molecule has 0 heterocycles. The highest BCUT2D eigenvalue weighted by Gasteiger charge is 2.11. The average Bonchev–Trinajstić information content (AvgIpc) is 2.66. The Balaban J connectivity index is 1.81. The smallest absolute Gasteiger partial charge is 0.337 e. The number of carbonyl (C=O) groups excluding carboxylic acids is 3. The van der Waals surface area contributed by atoms with Crippen LogP contribution >= 0.6 is 0 Å². The lowest BCUT2D eigenvalue weighted by atomic mass is 10.1. The minimum Gasteiger partial charge on any atom is -0.494 e.